The van der Waals surface area contributed by atoms with E-state index in [1.165, 1.54) is 36.3 Å². The Morgan fingerprint density at radius 3 is 2.50 bits per heavy atom. The molecule has 0 saturated carbocycles. The predicted molar refractivity (Wildman–Crippen MR) is 107 cm³/mol. The summed E-state index contributed by atoms with van der Waals surface area (Å²) in [6.45, 7) is 0. The zero-order valence-electron chi connectivity index (χ0n) is 15.5. The van der Waals surface area contributed by atoms with Gasteiger partial charge in [-0.05, 0) is 47.7 Å². The van der Waals surface area contributed by atoms with E-state index >= 15 is 0 Å². The van der Waals surface area contributed by atoms with E-state index in [2.05, 4.69) is 4.72 Å². The Morgan fingerprint density at radius 2 is 1.89 bits per heavy atom. The zero-order chi connectivity index (χ0) is 20.9. The largest absolute Gasteiger partial charge is 0.495 e. The van der Waals surface area contributed by atoms with Crippen LogP contribution in [0, 0.1) is 0 Å². The second kappa shape index (κ2) is 8.98. The van der Waals surface area contributed by atoms with Crippen molar-refractivity contribution in [2.75, 3.05) is 25.9 Å². The Bertz CT molecular complexity index is 989. The molecule has 2 rings (SSSR count). The minimum atomic E-state index is -4.05. The van der Waals surface area contributed by atoms with Crippen LogP contribution in [0.4, 0.5) is 10.5 Å². The number of carboxylic acids is 1. The number of ether oxygens (including phenoxy) is 1. The summed E-state index contributed by atoms with van der Waals surface area (Å²) >= 11 is 0.967. The molecule has 0 aliphatic rings. The number of methoxy groups -OCH3 is 1. The molecule has 0 unspecified atom stereocenters. The van der Waals surface area contributed by atoms with Crippen molar-refractivity contribution in [3.05, 3.63) is 48.0 Å². The standard InChI is InChI=1S/C18H20N2O6S2/c1-20(2)18(23)27-14-6-4-5-13(11-14)19-28(24,25)16-9-12(10-17(21)22)7-8-15(16)26-3/h4-9,11,19H,10H2,1-3H3,(H,21,22). The summed E-state index contributed by atoms with van der Waals surface area (Å²) in [5, 5.41) is 8.74. The predicted octanol–water partition coefficient (Wildman–Crippen LogP) is 2.90. The molecule has 0 aliphatic carbocycles. The number of hydrogen-bond acceptors (Lipinski definition) is 6. The second-order valence-electron chi connectivity index (χ2n) is 5.95. The molecule has 0 bridgehead atoms. The molecule has 0 aromatic heterocycles. The Labute approximate surface area is 167 Å². The van der Waals surface area contributed by atoms with Gasteiger partial charge in [-0.15, -0.1) is 0 Å². The maximum Gasteiger partial charge on any atom is 0.307 e. The fraction of sp³-hybridized carbons (Fsp3) is 0.222. The van der Waals surface area contributed by atoms with Crippen molar-refractivity contribution in [2.24, 2.45) is 0 Å². The highest BCUT2D eigenvalue weighted by Gasteiger charge is 2.21. The Morgan fingerprint density at radius 1 is 1.18 bits per heavy atom. The van der Waals surface area contributed by atoms with Crippen LogP contribution in [-0.4, -0.2) is 50.8 Å². The normalized spacial score (nSPS) is 11.0. The third-order valence-electron chi connectivity index (χ3n) is 3.53. The second-order valence-corrected chi connectivity index (χ2v) is 8.63. The van der Waals surface area contributed by atoms with Gasteiger partial charge in [-0.1, -0.05) is 12.1 Å². The first-order chi connectivity index (χ1) is 13.1. The third-order valence-corrected chi connectivity index (χ3v) is 5.96. The van der Waals surface area contributed by atoms with Gasteiger partial charge in [0.2, 0.25) is 0 Å². The molecule has 0 fully saturated rings. The van der Waals surface area contributed by atoms with Gasteiger partial charge in [0.15, 0.2) is 0 Å². The molecular weight excluding hydrogens is 404 g/mol. The van der Waals surface area contributed by atoms with Gasteiger partial charge in [0, 0.05) is 24.7 Å². The van der Waals surface area contributed by atoms with Crippen LogP contribution in [-0.2, 0) is 21.2 Å². The quantitative estimate of drug-likeness (QED) is 0.657. The van der Waals surface area contributed by atoms with Gasteiger partial charge in [0.1, 0.15) is 10.6 Å². The van der Waals surface area contributed by atoms with Crippen LogP contribution in [0.2, 0.25) is 0 Å². The van der Waals surface area contributed by atoms with E-state index < -0.39 is 16.0 Å². The Balaban J connectivity index is 2.33. The topological polar surface area (TPSA) is 113 Å². The van der Waals surface area contributed by atoms with Crippen molar-refractivity contribution < 1.29 is 27.9 Å². The number of nitrogens with one attached hydrogen (secondary N) is 1. The van der Waals surface area contributed by atoms with E-state index in [1.807, 2.05) is 0 Å². The molecule has 2 N–H and O–H groups in total. The van der Waals surface area contributed by atoms with Crippen molar-refractivity contribution >= 4 is 38.7 Å². The maximum atomic E-state index is 12.8. The molecule has 8 nitrogen and oxygen atoms in total. The molecule has 0 spiro atoms. The van der Waals surface area contributed by atoms with Gasteiger partial charge in [0.05, 0.1) is 13.5 Å². The Hall–Kier alpha value is -2.72. The summed E-state index contributed by atoms with van der Waals surface area (Å²) in [5.41, 5.74) is 0.594. The molecule has 0 radical (unpaired) electrons. The summed E-state index contributed by atoms with van der Waals surface area (Å²) in [6.07, 6.45) is -0.314. The summed E-state index contributed by atoms with van der Waals surface area (Å²) in [7, 11) is 0.527. The minimum Gasteiger partial charge on any atom is -0.495 e. The highest BCUT2D eigenvalue weighted by molar-refractivity contribution is 8.13. The van der Waals surface area contributed by atoms with Gasteiger partial charge >= 0.3 is 5.97 Å². The number of amides is 1. The number of carbonyl (C=O) groups excluding carboxylic acids is 1. The van der Waals surface area contributed by atoms with Crippen molar-refractivity contribution in [3.63, 3.8) is 0 Å². The zero-order valence-corrected chi connectivity index (χ0v) is 17.1. The lowest BCUT2D eigenvalue weighted by Crippen LogP contribution is -2.16. The maximum absolute atomic E-state index is 12.8. The molecular formula is C18H20N2O6S2. The first-order valence-electron chi connectivity index (χ1n) is 8.03. The van der Waals surface area contributed by atoms with Crippen LogP contribution >= 0.6 is 11.8 Å². The molecule has 0 aliphatic heterocycles. The van der Waals surface area contributed by atoms with E-state index in [0.29, 0.717) is 10.5 Å². The van der Waals surface area contributed by atoms with Gasteiger partial charge in [-0.3, -0.25) is 14.3 Å². The monoisotopic (exact) mass is 424 g/mol. The highest BCUT2D eigenvalue weighted by Crippen LogP contribution is 2.29. The summed E-state index contributed by atoms with van der Waals surface area (Å²) in [6, 6.07) is 10.6. The van der Waals surface area contributed by atoms with E-state index in [0.717, 1.165) is 11.8 Å². The molecule has 150 valence electrons. The lowest BCUT2D eigenvalue weighted by Gasteiger charge is -2.14. The highest BCUT2D eigenvalue weighted by atomic mass is 32.2. The molecule has 0 atom stereocenters. The first kappa shape index (κ1) is 21.6. The number of benzene rings is 2. The fourth-order valence-corrected chi connectivity index (χ4v) is 4.23. The van der Waals surface area contributed by atoms with Gasteiger partial charge < -0.3 is 14.7 Å². The van der Waals surface area contributed by atoms with Gasteiger partial charge in [-0.2, -0.15) is 0 Å². The van der Waals surface area contributed by atoms with E-state index in [1.54, 1.807) is 32.3 Å². The summed E-state index contributed by atoms with van der Waals surface area (Å²) in [4.78, 5) is 24.6. The molecule has 10 heteroatoms. The van der Waals surface area contributed by atoms with Gasteiger partial charge in [0.25, 0.3) is 15.3 Å². The number of anilines is 1. The van der Waals surface area contributed by atoms with E-state index in [9.17, 15) is 18.0 Å². The average Bonchev–Trinajstić information content (AvgIpc) is 2.61. The third kappa shape index (κ3) is 5.64. The minimum absolute atomic E-state index is 0.0925. The Kier molecular flexibility index (Phi) is 6.92. The van der Waals surface area contributed by atoms with E-state index in [4.69, 9.17) is 9.84 Å². The van der Waals surface area contributed by atoms with Crippen molar-refractivity contribution in [3.8, 4) is 5.75 Å². The molecule has 0 saturated heterocycles. The van der Waals surface area contributed by atoms with E-state index in [-0.39, 0.29) is 28.0 Å². The van der Waals surface area contributed by atoms with Crippen molar-refractivity contribution in [1.82, 2.24) is 4.90 Å². The molecule has 28 heavy (non-hydrogen) atoms. The number of thioether (sulfide) groups is 1. The van der Waals surface area contributed by atoms with Crippen molar-refractivity contribution in [1.29, 1.82) is 0 Å². The molecule has 2 aromatic rings. The first-order valence-corrected chi connectivity index (χ1v) is 10.3. The fourth-order valence-electron chi connectivity index (χ4n) is 2.24. The number of aliphatic carboxylic acids is 1. The smallest absolute Gasteiger partial charge is 0.307 e. The van der Waals surface area contributed by atoms with Crippen LogP contribution in [0.15, 0.2) is 52.3 Å². The number of rotatable bonds is 7. The van der Waals surface area contributed by atoms with Crippen molar-refractivity contribution in [2.45, 2.75) is 16.2 Å². The van der Waals surface area contributed by atoms with Crippen LogP contribution < -0.4 is 9.46 Å². The summed E-state index contributed by atoms with van der Waals surface area (Å²) in [5.74, 6) is -0.980. The lowest BCUT2D eigenvalue weighted by molar-refractivity contribution is -0.136. The molecule has 1 amide bonds. The number of hydrogen-bond donors (Lipinski definition) is 2. The number of carboxylic acid groups (broad SMARTS) is 1. The SMILES string of the molecule is COc1ccc(CC(=O)O)cc1S(=O)(=O)Nc1cccc(SC(=O)N(C)C)c1. The number of carbonyl (C=O) groups is 2. The van der Waals surface area contributed by atoms with Gasteiger partial charge in [-0.25, -0.2) is 8.42 Å². The van der Waals surface area contributed by atoms with Crippen LogP contribution in [0.3, 0.4) is 0 Å². The number of sulfonamides is 1. The molecule has 0 heterocycles. The lowest BCUT2D eigenvalue weighted by atomic mass is 10.1. The molecule has 2 aromatic carbocycles. The summed E-state index contributed by atoms with van der Waals surface area (Å²) < 4.78 is 33.2. The van der Waals surface area contributed by atoms with Crippen LogP contribution in [0.5, 0.6) is 5.75 Å². The van der Waals surface area contributed by atoms with Crippen LogP contribution in [0.1, 0.15) is 5.56 Å². The number of nitrogens with zero attached hydrogens (tertiary/aromatic N) is 1. The average molecular weight is 425 g/mol. The van der Waals surface area contributed by atoms with Crippen LogP contribution in [0.25, 0.3) is 0 Å².